The van der Waals surface area contributed by atoms with Crippen molar-refractivity contribution in [3.05, 3.63) is 63.8 Å². The third kappa shape index (κ3) is 12.5. The van der Waals surface area contributed by atoms with Crippen molar-refractivity contribution in [3.63, 3.8) is 0 Å². The van der Waals surface area contributed by atoms with Crippen molar-refractivity contribution in [1.29, 1.82) is 0 Å². The normalized spacial score (nSPS) is 37.0. The van der Waals surface area contributed by atoms with Gasteiger partial charge in [0.25, 0.3) is 11.1 Å². The van der Waals surface area contributed by atoms with E-state index in [0.29, 0.717) is 22.3 Å². The van der Waals surface area contributed by atoms with Crippen molar-refractivity contribution >= 4 is 165 Å². The number of H-pyrrole nitrogens is 2. The van der Waals surface area contributed by atoms with E-state index in [0.717, 1.165) is 37.5 Å². The van der Waals surface area contributed by atoms with Gasteiger partial charge in [0.15, 0.2) is 46.5 Å². The highest BCUT2D eigenvalue weighted by Crippen LogP contribution is 2.60. The fourth-order valence-corrected chi connectivity index (χ4v) is 19.4. The second-order valence-corrected chi connectivity index (χ2v) is 35.4. The largest absolute Gasteiger partial charge is 0.398 e. The smallest absolute Gasteiger partial charge is 0.325 e. The number of pyridine rings is 2. The number of hydrogen-bond acceptors (Lipinski definition) is 31. The molecule has 6 aliphatic heterocycles. The molecule has 4 bridgehead atoms. The lowest BCUT2D eigenvalue weighted by molar-refractivity contribution is -0.147. The first-order chi connectivity index (χ1) is 43.5. The van der Waals surface area contributed by atoms with Crippen LogP contribution >= 0.6 is 50.2 Å². The lowest BCUT2D eigenvalue weighted by Gasteiger charge is -2.29. The SMILES string of the molecule is Nc1nc2c(nnn2[C@@H]2S[C@@H]3COP(O)(=S)CO[C@@H]4[C@@H](COP(O)(=S)O[C@@H]2[C@H]3F)O[C@@H](n2ccc3c(N)ccnc32)C4(F)F)c(=O)[nH]1.Nc1nc2c(nnn2[C@@H]2S[C@@H]3COP(O)(=S)O[C@H]4[C@H](F)[C@H](n5cnc6c(N)ccnc65)O[C@@H]4COP(O)(=S)O[C@@H]2[C@@H]3F)c(=O)[nH]1. The van der Waals surface area contributed by atoms with Crippen LogP contribution in [0, 0.1) is 0 Å². The molecule has 0 amide bonds. The predicted molar refractivity (Wildman–Crippen MR) is 329 cm³/mol. The summed E-state index contributed by atoms with van der Waals surface area (Å²) in [4.78, 5) is 93.7. The third-order valence-electron chi connectivity index (χ3n) is 14.8. The molecule has 14 N–H and O–H groups in total. The van der Waals surface area contributed by atoms with E-state index in [1.807, 2.05) is 0 Å². The maximum absolute atomic E-state index is 16.1. The van der Waals surface area contributed by atoms with Gasteiger partial charge >= 0.3 is 26.1 Å². The average molecular weight is 1480 g/mol. The van der Waals surface area contributed by atoms with Crippen LogP contribution in [0.15, 0.2) is 52.7 Å². The molecule has 0 spiro atoms. The van der Waals surface area contributed by atoms with Gasteiger partial charge in [-0.15, -0.1) is 33.7 Å². The number of hydrogen-bond donors (Lipinski definition) is 10. The molecule has 50 heteroatoms. The van der Waals surface area contributed by atoms with E-state index in [1.54, 1.807) is 0 Å². The molecule has 8 aromatic heterocycles. The van der Waals surface area contributed by atoms with E-state index in [4.69, 9.17) is 116 Å². The number of anilines is 4. The molecule has 0 saturated carbocycles. The number of ether oxygens (including phenoxy) is 3. The summed E-state index contributed by atoms with van der Waals surface area (Å²) in [6.07, 6.45) is -14.6. The fourth-order valence-electron chi connectivity index (χ4n) is 10.7. The Morgan fingerprint density at radius 1 is 0.620 bits per heavy atom. The standard InChI is InChI=1S/C22H24F3N9O8P2S3.C20H22F2N10O8P2S3/c23-12-11-6-39-43(36,45)7-38-15-10(41-20(22(15,24)25)33-4-2-8-9(26)1-3-28-16(8)33)5-40-44(37,46)42-14(12)19(47-11)34-17-13(31-32-34)18(35)30-21(27)29-17;21-9-8-4-37-42(35,44)39-13-7(38-18(10(13)22)31-5-26-11-6(23)1-2-25-15(11)31)3-36-41(34,43)40-14(9)19(45-8)32-16-12(29-30-32)17(33)28-20(24)27-16/h1-4,10-12,14-15,19-20H,5-7H2,(H2,26,28)(H,36,45)(H,37,46)(H3,27,29,30,35);1-2,5,7-10,13-14,18-19H,3-4H2,(H2,23,25)(H,34,43)(H,35,44)(H3,24,27,28,33)/t10-,11-,12+,14-,15-,19-,20-,43?,44?;7-,8-,9-,10+,13-,14-,18-,19-,41?,42?/m11/s1. The lowest BCUT2D eigenvalue weighted by atomic mass is 10.1. The number of thioether (sulfide) groups is 2. The first-order valence-corrected chi connectivity index (χ1v) is 38.9. The number of alkyl halides is 5. The zero-order chi connectivity index (χ0) is 65.3. The van der Waals surface area contributed by atoms with Gasteiger partial charge in [-0.25, -0.2) is 37.5 Å². The number of nitrogen functional groups attached to an aromatic ring is 4. The van der Waals surface area contributed by atoms with E-state index in [9.17, 15) is 29.2 Å². The van der Waals surface area contributed by atoms with Crippen LogP contribution in [0.4, 0.5) is 45.2 Å². The quantitative estimate of drug-likeness (QED) is 0.0890. The highest BCUT2D eigenvalue weighted by atomic mass is 32.5. The number of aromatic nitrogens is 15. The van der Waals surface area contributed by atoms with Crippen LogP contribution in [0.25, 0.3) is 44.5 Å². The summed E-state index contributed by atoms with van der Waals surface area (Å²) in [5, 5.41) is 11.3. The van der Waals surface area contributed by atoms with E-state index >= 15 is 22.0 Å². The third-order valence-corrected chi connectivity index (χ3v) is 24.2. The first kappa shape index (κ1) is 66.1. The molecular formula is C42H46F5N19O16P4S6. The number of fused-ring (bicyclic) bond motifs is 10. The molecule has 8 aromatic rings. The van der Waals surface area contributed by atoms with Crippen molar-refractivity contribution in [2.45, 2.75) is 94.8 Å². The van der Waals surface area contributed by atoms with Crippen LogP contribution in [-0.4, -0.2) is 198 Å². The van der Waals surface area contributed by atoms with Gasteiger partial charge in [0, 0.05) is 29.7 Å². The molecule has 0 aliphatic carbocycles. The number of nitrogens with zero attached hydrogens (tertiary/aromatic N) is 13. The number of halogens is 5. The summed E-state index contributed by atoms with van der Waals surface area (Å²) in [5.41, 5.74) is 22.5. The van der Waals surface area contributed by atoms with Crippen molar-refractivity contribution in [1.82, 2.24) is 74.0 Å². The summed E-state index contributed by atoms with van der Waals surface area (Å²) in [6, 6.07) is 4.52. The molecule has 0 radical (unpaired) electrons. The number of imidazole rings is 1. The minimum absolute atomic E-state index is 0.0921. The van der Waals surface area contributed by atoms with Gasteiger partial charge in [-0.05, 0) is 65.4 Å². The van der Waals surface area contributed by atoms with Gasteiger partial charge in [-0.3, -0.25) is 37.7 Å². The highest BCUT2D eigenvalue weighted by Gasteiger charge is 2.62. The van der Waals surface area contributed by atoms with E-state index < -0.39 is 165 Å². The number of nitrogens with one attached hydrogen (secondary N) is 2. The van der Waals surface area contributed by atoms with E-state index in [-0.39, 0.29) is 45.5 Å². The molecule has 6 fully saturated rings. The summed E-state index contributed by atoms with van der Waals surface area (Å²) >= 11 is 22.5. The number of nitrogens with two attached hydrogens (primary N) is 4. The number of rotatable bonds is 4. The van der Waals surface area contributed by atoms with Crippen LogP contribution < -0.4 is 34.1 Å². The van der Waals surface area contributed by atoms with Crippen molar-refractivity contribution in [2.24, 2.45) is 0 Å². The topological polar surface area (TPSA) is 479 Å². The van der Waals surface area contributed by atoms with Crippen molar-refractivity contribution in [3.8, 4) is 0 Å². The van der Waals surface area contributed by atoms with Crippen LogP contribution in [-0.2, 0) is 93.1 Å². The molecule has 92 heavy (non-hydrogen) atoms. The second kappa shape index (κ2) is 24.8. The van der Waals surface area contributed by atoms with Gasteiger partial charge < -0.3 is 79.4 Å². The van der Waals surface area contributed by atoms with Gasteiger partial charge in [0.1, 0.15) is 71.1 Å². The Labute approximate surface area is 537 Å². The zero-order valence-electron chi connectivity index (χ0n) is 45.7. The van der Waals surface area contributed by atoms with Crippen LogP contribution in [0.1, 0.15) is 23.2 Å². The Morgan fingerprint density at radius 3 is 1.73 bits per heavy atom. The van der Waals surface area contributed by atoms with Crippen molar-refractivity contribution < 1.29 is 87.4 Å². The van der Waals surface area contributed by atoms with Gasteiger partial charge in [0.2, 0.25) is 24.6 Å². The minimum Gasteiger partial charge on any atom is -0.398 e. The Bertz CT molecular complexity index is 4530. The van der Waals surface area contributed by atoms with Gasteiger partial charge in [-0.1, -0.05) is 10.4 Å². The van der Waals surface area contributed by atoms with E-state index in [2.05, 4.69) is 55.5 Å². The lowest BCUT2D eigenvalue weighted by Crippen LogP contribution is -2.42. The second-order valence-electron chi connectivity index (χ2n) is 20.8. The molecular weight excluding hydrogens is 1440 g/mol. The molecule has 14 rings (SSSR count). The summed E-state index contributed by atoms with van der Waals surface area (Å²) < 4.78 is 141. The zero-order valence-corrected chi connectivity index (χ0v) is 54.2. The molecule has 19 atom stereocenters. The maximum Gasteiger partial charge on any atom is 0.325 e. The Kier molecular flexibility index (Phi) is 17.8. The summed E-state index contributed by atoms with van der Waals surface area (Å²) in [5.74, 6) is -4.31. The Morgan fingerprint density at radius 2 is 1.14 bits per heavy atom. The van der Waals surface area contributed by atoms with Crippen molar-refractivity contribution in [2.75, 3.05) is 55.7 Å². The molecule has 6 saturated heterocycles. The average Bonchev–Trinajstić information content (AvgIpc) is 1.63. The Hall–Kier alpha value is -4.54. The minimum atomic E-state index is -4.42. The molecule has 0 aromatic carbocycles. The fraction of sp³-hybridized carbons (Fsp3) is 0.500. The van der Waals surface area contributed by atoms with Crippen LogP contribution in [0.5, 0.6) is 0 Å². The monoisotopic (exact) mass is 1480 g/mol. The highest BCUT2D eigenvalue weighted by molar-refractivity contribution is 8.09. The molecule has 35 nitrogen and oxygen atoms in total. The molecule has 6 aliphatic rings. The molecule has 14 heterocycles. The van der Waals surface area contributed by atoms with Crippen LogP contribution in [0.2, 0.25) is 0 Å². The molecule has 496 valence electrons. The number of aromatic amines is 2. The molecule has 4 unspecified atom stereocenters. The summed E-state index contributed by atoms with van der Waals surface area (Å²) in [7, 11) is 0. The van der Waals surface area contributed by atoms with Gasteiger partial charge in [-0.2, -0.15) is 18.7 Å². The van der Waals surface area contributed by atoms with E-state index in [1.165, 1.54) is 47.7 Å². The maximum atomic E-state index is 16.1. The van der Waals surface area contributed by atoms with Gasteiger partial charge in [0.05, 0.1) is 48.9 Å². The predicted octanol–water partition coefficient (Wildman–Crippen LogP) is 2.07. The summed E-state index contributed by atoms with van der Waals surface area (Å²) in [6.45, 7) is -19.4. The van der Waals surface area contributed by atoms with Crippen LogP contribution in [0.3, 0.4) is 0 Å². The first-order valence-electron chi connectivity index (χ1n) is 26.4. The Balaban J connectivity index is 0.000000168.